The molecule has 0 saturated carbocycles. The molecule has 1 aromatic rings. The molecule has 2 fully saturated rings. The lowest BCUT2D eigenvalue weighted by atomic mass is 9.96. The Balaban J connectivity index is 1.57. The molecule has 0 radical (unpaired) electrons. The van der Waals surface area contributed by atoms with Gasteiger partial charge in [-0.25, -0.2) is 4.79 Å². The topological polar surface area (TPSA) is 102 Å². The number of non-ortho nitro benzene ring substituents is 1. The first-order chi connectivity index (χ1) is 11.4. The van der Waals surface area contributed by atoms with E-state index in [-0.39, 0.29) is 35.5 Å². The maximum absolute atomic E-state index is 12.3. The Morgan fingerprint density at radius 2 is 2.08 bits per heavy atom. The van der Waals surface area contributed by atoms with Crippen LogP contribution in [0.25, 0.3) is 0 Å². The highest BCUT2D eigenvalue weighted by molar-refractivity contribution is 7.81. The molecule has 3 rings (SSSR count). The summed E-state index contributed by atoms with van der Waals surface area (Å²) in [6.45, 7) is 0.507. The number of ether oxygens (including phenoxy) is 1. The molecule has 2 saturated heterocycles. The third-order valence-corrected chi connectivity index (χ3v) is 4.66. The van der Waals surface area contributed by atoms with Crippen LogP contribution in [-0.4, -0.2) is 45.7 Å². The summed E-state index contributed by atoms with van der Waals surface area (Å²) in [4.78, 5) is 35.2. The lowest BCUT2D eigenvalue weighted by Crippen LogP contribution is -2.59. The second-order valence-corrected chi connectivity index (χ2v) is 6.70. The molecule has 2 aliphatic heterocycles. The van der Waals surface area contributed by atoms with Crippen LogP contribution in [0.2, 0.25) is 0 Å². The van der Waals surface area contributed by atoms with Crippen molar-refractivity contribution in [1.29, 1.82) is 0 Å². The number of hydrogen-bond donors (Lipinski definition) is 2. The molecule has 3 atom stereocenters. The maximum atomic E-state index is 12.3. The van der Waals surface area contributed by atoms with E-state index in [1.807, 2.05) is 0 Å². The highest BCUT2D eigenvalue weighted by Crippen LogP contribution is 2.29. The number of nitro groups is 1. The average molecular weight is 351 g/mol. The van der Waals surface area contributed by atoms with Crippen molar-refractivity contribution in [1.82, 2.24) is 10.2 Å². The van der Waals surface area contributed by atoms with Crippen LogP contribution in [0, 0.1) is 10.1 Å². The molecule has 24 heavy (non-hydrogen) atoms. The monoisotopic (exact) mass is 351 g/mol. The predicted octanol–water partition coefficient (Wildman–Crippen LogP) is 1.49. The largest absolute Gasteiger partial charge is 0.445 e. The number of benzene rings is 1. The minimum atomic E-state index is -0.482. The minimum Gasteiger partial charge on any atom is -0.445 e. The quantitative estimate of drug-likeness (QED) is 0.370. The summed E-state index contributed by atoms with van der Waals surface area (Å²) in [7, 11) is 0. The van der Waals surface area contributed by atoms with Crippen molar-refractivity contribution in [3.8, 4) is 0 Å². The van der Waals surface area contributed by atoms with Gasteiger partial charge in [-0.1, -0.05) is 0 Å². The van der Waals surface area contributed by atoms with Crippen molar-refractivity contribution in [3.05, 3.63) is 39.9 Å². The summed E-state index contributed by atoms with van der Waals surface area (Å²) in [5.74, 6) is -0.0122. The van der Waals surface area contributed by atoms with Crippen LogP contribution in [0.3, 0.4) is 0 Å². The summed E-state index contributed by atoms with van der Waals surface area (Å²) < 4.78 is 5.31. The van der Waals surface area contributed by atoms with Gasteiger partial charge in [-0.3, -0.25) is 14.9 Å². The standard InChI is InChI=1S/C15H17N3O5S/c19-14-6-12(16-14)13-5-11(24)7-17(13)15(20)23-8-9-1-3-10(4-2-9)18(21)22/h1-4,11-13,24H,5-8H2,(H,16,19)/t11-,12+,13-/m0/s1. The van der Waals surface area contributed by atoms with Crippen molar-refractivity contribution in [2.45, 2.75) is 36.8 Å². The van der Waals surface area contributed by atoms with Gasteiger partial charge in [-0.2, -0.15) is 12.6 Å². The van der Waals surface area contributed by atoms with E-state index in [0.717, 1.165) is 0 Å². The summed E-state index contributed by atoms with van der Waals surface area (Å²) in [6, 6.07) is 5.71. The lowest BCUT2D eigenvalue weighted by Gasteiger charge is -2.36. The van der Waals surface area contributed by atoms with Crippen LogP contribution in [0.15, 0.2) is 24.3 Å². The highest BCUT2D eigenvalue weighted by Gasteiger charge is 2.44. The minimum absolute atomic E-state index is 0.0108. The fourth-order valence-corrected chi connectivity index (χ4v) is 3.39. The number of rotatable bonds is 4. The molecular formula is C15H17N3O5S. The Labute approximate surface area is 143 Å². The predicted molar refractivity (Wildman–Crippen MR) is 87.7 cm³/mol. The number of carbonyl (C=O) groups excluding carboxylic acids is 2. The van der Waals surface area contributed by atoms with Gasteiger partial charge >= 0.3 is 6.09 Å². The molecule has 2 aliphatic rings. The zero-order chi connectivity index (χ0) is 17.3. The van der Waals surface area contributed by atoms with Gasteiger partial charge in [-0.15, -0.1) is 0 Å². The smallest absolute Gasteiger partial charge is 0.410 e. The van der Waals surface area contributed by atoms with Crippen molar-refractivity contribution in [2.75, 3.05) is 6.54 Å². The van der Waals surface area contributed by atoms with Crippen LogP contribution >= 0.6 is 12.6 Å². The first kappa shape index (κ1) is 16.6. The fourth-order valence-electron chi connectivity index (χ4n) is 2.99. The van der Waals surface area contributed by atoms with Gasteiger partial charge in [0.2, 0.25) is 5.91 Å². The summed E-state index contributed by atoms with van der Waals surface area (Å²) in [6.07, 6.45) is 0.661. The van der Waals surface area contributed by atoms with E-state index in [1.165, 1.54) is 12.1 Å². The summed E-state index contributed by atoms with van der Waals surface area (Å²) in [5, 5.41) is 13.5. The molecule has 0 spiro atoms. The number of β-lactam (4-membered cyclic amide) rings is 1. The SMILES string of the molecule is O=C1C[C@H]([C@@H]2C[C@H](S)CN2C(=O)OCc2ccc([N+](=O)[O-])cc2)N1. The van der Waals surface area contributed by atoms with Crippen molar-refractivity contribution < 1.29 is 19.2 Å². The zero-order valence-corrected chi connectivity index (χ0v) is 13.6. The maximum Gasteiger partial charge on any atom is 0.410 e. The molecule has 128 valence electrons. The van der Waals surface area contributed by atoms with Crippen LogP contribution in [0.4, 0.5) is 10.5 Å². The Morgan fingerprint density at radius 1 is 1.42 bits per heavy atom. The van der Waals surface area contributed by atoms with E-state index < -0.39 is 11.0 Å². The molecule has 0 aromatic heterocycles. The van der Waals surface area contributed by atoms with Gasteiger partial charge in [0.15, 0.2) is 0 Å². The van der Waals surface area contributed by atoms with Crippen LogP contribution in [0.5, 0.6) is 0 Å². The summed E-state index contributed by atoms with van der Waals surface area (Å²) >= 11 is 4.43. The molecule has 1 N–H and O–H groups in total. The Morgan fingerprint density at radius 3 is 2.67 bits per heavy atom. The van der Waals surface area contributed by atoms with Crippen molar-refractivity contribution in [2.24, 2.45) is 0 Å². The van der Waals surface area contributed by atoms with Crippen molar-refractivity contribution >= 4 is 30.3 Å². The molecule has 8 nitrogen and oxygen atoms in total. The van der Waals surface area contributed by atoms with Crippen LogP contribution in [0.1, 0.15) is 18.4 Å². The first-order valence-corrected chi connectivity index (χ1v) is 8.10. The number of amides is 2. The molecule has 0 unspecified atom stereocenters. The Bertz CT molecular complexity index is 658. The molecular weight excluding hydrogens is 334 g/mol. The van der Waals surface area contributed by atoms with Gasteiger partial charge in [-0.05, 0) is 24.1 Å². The van der Waals surface area contributed by atoms with Crippen LogP contribution < -0.4 is 5.32 Å². The first-order valence-electron chi connectivity index (χ1n) is 7.58. The number of hydrogen-bond acceptors (Lipinski definition) is 6. The third kappa shape index (κ3) is 3.45. The molecule has 2 heterocycles. The lowest BCUT2D eigenvalue weighted by molar-refractivity contribution is -0.384. The van der Waals surface area contributed by atoms with Gasteiger partial charge in [0.25, 0.3) is 5.69 Å². The molecule has 9 heteroatoms. The normalized spacial score (nSPS) is 25.8. The van der Waals surface area contributed by atoms with E-state index >= 15 is 0 Å². The Kier molecular flexibility index (Phi) is 4.61. The van der Waals surface area contributed by atoms with E-state index in [4.69, 9.17) is 4.74 Å². The summed E-state index contributed by atoms with van der Waals surface area (Å²) in [5.41, 5.74) is 0.660. The average Bonchev–Trinajstić information content (AvgIpc) is 2.91. The number of thiol groups is 1. The van der Waals surface area contributed by atoms with Crippen molar-refractivity contribution in [3.63, 3.8) is 0 Å². The Hall–Kier alpha value is -2.29. The van der Waals surface area contributed by atoms with E-state index in [1.54, 1.807) is 17.0 Å². The number of nitrogens with zero attached hydrogens (tertiary/aromatic N) is 2. The molecule has 2 amide bonds. The second-order valence-electron chi connectivity index (χ2n) is 5.97. The van der Waals surface area contributed by atoms with E-state index in [0.29, 0.717) is 24.9 Å². The van der Waals surface area contributed by atoms with Gasteiger partial charge in [0, 0.05) is 30.3 Å². The van der Waals surface area contributed by atoms with Crippen LogP contribution in [-0.2, 0) is 16.1 Å². The van der Waals surface area contributed by atoms with E-state index in [2.05, 4.69) is 17.9 Å². The third-order valence-electron chi connectivity index (χ3n) is 4.28. The molecule has 0 bridgehead atoms. The van der Waals surface area contributed by atoms with Gasteiger partial charge in [0.05, 0.1) is 17.0 Å². The van der Waals surface area contributed by atoms with Gasteiger partial charge in [0.1, 0.15) is 6.61 Å². The highest BCUT2D eigenvalue weighted by atomic mass is 32.1. The van der Waals surface area contributed by atoms with Gasteiger partial charge < -0.3 is 15.0 Å². The number of nitrogens with one attached hydrogen (secondary N) is 1. The fraction of sp³-hybridized carbons (Fsp3) is 0.467. The molecule has 1 aromatic carbocycles. The number of carbonyl (C=O) groups is 2. The molecule has 0 aliphatic carbocycles. The second kappa shape index (κ2) is 6.68. The van der Waals surface area contributed by atoms with E-state index in [9.17, 15) is 19.7 Å². The zero-order valence-electron chi connectivity index (χ0n) is 12.8. The number of likely N-dealkylation sites (tertiary alicyclic amines) is 1. The number of nitro benzene ring substituents is 1.